The summed E-state index contributed by atoms with van der Waals surface area (Å²) in [5, 5.41) is 31.3. The van der Waals surface area contributed by atoms with Crippen molar-refractivity contribution < 1.29 is 9.59 Å². The zero-order chi connectivity index (χ0) is 31.7. The van der Waals surface area contributed by atoms with Gasteiger partial charge in [0.1, 0.15) is 11.0 Å². The molecule has 0 radical (unpaired) electrons. The quantitative estimate of drug-likeness (QED) is 0.197. The molecule has 3 aliphatic carbocycles. The van der Waals surface area contributed by atoms with Crippen molar-refractivity contribution in [2.75, 3.05) is 4.90 Å². The van der Waals surface area contributed by atoms with Crippen LogP contribution < -0.4 is 4.90 Å². The number of nitrogens with zero attached hydrogens (tertiary/aromatic N) is 6. The van der Waals surface area contributed by atoms with Gasteiger partial charge in [0, 0.05) is 5.41 Å². The van der Waals surface area contributed by atoms with Crippen LogP contribution in [0.15, 0.2) is 51.7 Å². The summed E-state index contributed by atoms with van der Waals surface area (Å²) in [6, 6.07) is 10.3. The number of anilines is 1. The average molecular weight is 624 g/mol. The lowest BCUT2D eigenvalue weighted by Gasteiger charge is -2.50. The van der Waals surface area contributed by atoms with Crippen molar-refractivity contribution in [3.63, 3.8) is 0 Å². The number of hydrogen-bond donors (Lipinski definition) is 0. The van der Waals surface area contributed by atoms with E-state index in [4.69, 9.17) is 39.8 Å². The van der Waals surface area contributed by atoms with Crippen molar-refractivity contribution in [1.82, 2.24) is 4.90 Å². The van der Waals surface area contributed by atoms with Crippen LogP contribution in [0.1, 0.15) is 51.3 Å². The molecule has 0 saturated carbocycles. The largest absolute Gasteiger partial charge is 0.273 e. The molecule has 2 bridgehead atoms. The summed E-state index contributed by atoms with van der Waals surface area (Å²) in [5.74, 6) is -0.819. The van der Waals surface area contributed by atoms with Gasteiger partial charge in [-0.2, -0.15) is 15.8 Å². The summed E-state index contributed by atoms with van der Waals surface area (Å²) >= 11 is 14.4. The zero-order valence-corrected chi connectivity index (χ0v) is 26.8. The fourth-order valence-corrected chi connectivity index (χ4v) is 6.95. The molecule has 1 spiro atoms. The Balaban J connectivity index is 0.000000952. The second-order valence-electron chi connectivity index (χ2n) is 11.8. The monoisotopic (exact) mass is 622 g/mol. The summed E-state index contributed by atoms with van der Waals surface area (Å²) in [7, 11) is 0. The molecule has 0 atom stereocenters. The van der Waals surface area contributed by atoms with Crippen molar-refractivity contribution in [3.05, 3.63) is 63.4 Å². The van der Waals surface area contributed by atoms with Crippen molar-refractivity contribution in [2.24, 2.45) is 21.2 Å². The first-order valence-electron chi connectivity index (χ1n) is 13.1. The molecule has 42 heavy (non-hydrogen) atoms. The molecule has 2 amide bonds. The maximum absolute atomic E-state index is 14.3. The number of halogens is 3. The van der Waals surface area contributed by atoms with E-state index >= 15 is 0 Å². The standard InChI is InChI=1S/C30H28N6O2.CHCl3/c1-16-9-17(2)22(18(3)10-16)35-24(37)27(6,7)25(38)36-26(35)34-23-21(13-31)29(14-32,15-33)28(8)11-19(4)30(23,36)20(5)12-28;2-1(3)4/h9-12H,1-8H3;1H. The van der Waals surface area contributed by atoms with Gasteiger partial charge in [-0.3, -0.25) is 14.5 Å². The minimum atomic E-state index is -1.88. The highest BCUT2D eigenvalue weighted by atomic mass is 35.6. The van der Waals surface area contributed by atoms with E-state index in [0.29, 0.717) is 16.8 Å². The minimum Gasteiger partial charge on any atom is -0.273 e. The van der Waals surface area contributed by atoms with E-state index in [0.717, 1.165) is 16.7 Å². The molecule has 6 rings (SSSR count). The number of benzene rings is 1. The molecule has 11 heteroatoms. The van der Waals surface area contributed by atoms with Crippen molar-refractivity contribution in [1.29, 1.82) is 15.8 Å². The Kier molecular flexibility index (Phi) is 7.45. The third-order valence-corrected chi connectivity index (χ3v) is 8.67. The number of carbonyl (C=O) groups is 2. The Morgan fingerprint density at radius 3 is 1.76 bits per heavy atom. The van der Waals surface area contributed by atoms with Crippen LogP contribution in [-0.4, -0.2) is 32.5 Å². The normalized spacial score (nSPS) is 26.5. The average Bonchev–Trinajstić information content (AvgIpc) is 3.17. The van der Waals surface area contributed by atoms with Gasteiger partial charge in [-0.15, -0.1) is 0 Å². The molecule has 1 fully saturated rings. The number of nitriles is 3. The molecule has 0 aromatic heterocycles. The highest BCUT2D eigenvalue weighted by molar-refractivity contribution is 6.63. The van der Waals surface area contributed by atoms with E-state index in [2.05, 4.69) is 18.2 Å². The Morgan fingerprint density at radius 2 is 1.33 bits per heavy atom. The molecule has 1 aromatic rings. The maximum Gasteiger partial charge on any atom is 0.249 e. The van der Waals surface area contributed by atoms with Crippen LogP contribution in [0.25, 0.3) is 0 Å². The van der Waals surface area contributed by atoms with Gasteiger partial charge < -0.3 is 0 Å². The first-order chi connectivity index (χ1) is 19.4. The van der Waals surface area contributed by atoms with E-state index in [1.54, 1.807) is 32.9 Å². The zero-order valence-electron chi connectivity index (χ0n) is 24.5. The molecule has 1 saturated heterocycles. The predicted octanol–water partition coefficient (Wildman–Crippen LogP) is 6.65. The van der Waals surface area contributed by atoms with Crippen LogP contribution in [0.2, 0.25) is 0 Å². The first kappa shape index (κ1) is 31.3. The van der Waals surface area contributed by atoms with Crippen LogP contribution in [0.3, 0.4) is 0 Å². The topological polar surface area (TPSA) is 124 Å². The molecule has 5 aliphatic rings. The number of aliphatic imine (C=N–C) groups is 1. The summed E-state index contributed by atoms with van der Waals surface area (Å²) in [4.78, 5) is 36.2. The molecule has 216 valence electrons. The number of allylic oxidation sites excluding steroid dienone is 3. The highest BCUT2D eigenvalue weighted by Crippen LogP contribution is 2.62. The second-order valence-corrected chi connectivity index (χ2v) is 13.7. The third kappa shape index (κ3) is 3.81. The summed E-state index contributed by atoms with van der Waals surface area (Å²) in [5.41, 5.74) is -1.09. The van der Waals surface area contributed by atoms with Gasteiger partial charge in [0.2, 0.25) is 17.8 Å². The fourth-order valence-electron chi connectivity index (χ4n) is 6.95. The molecule has 1 aromatic carbocycles. The van der Waals surface area contributed by atoms with Crippen molar-refractivity contribution >= 4 is 58.3 Å². The van der Waals surface area contributed by atoms with Gasteiger partial charge in [-0.05, 0) is 77.7 Å². The number of rotatable bonds is 1. The van der Waals surface area contributed by atoms with Gasteiger partial charge in [0.25, 0.3) is 0 Å². The lowest BCUT2D eigenvalue weighted by atomic mass is 9.60. The summed E-state index contributed by atoms with van der Waals surface area (Å²) in [6.07, 6.45) is 3.61. The lowest BCUT2D eigenvalue weighted by Crippen LogP contribution is -2.69. The molecule has 2 aliphatic heterocycles. The molecule has 0 N–H and O–H groups in total. The Morgan fingerprint density at radius 1 is 0.857 bits per heavy atom. The van der Waals surface area contributed by atoms with E-state index in [1.165, 1.54) is 9.80 Å². The van der Waals surface area contributed by atoms with Gasteiger partial charge in [0.05, 0.1) is 35.2 Å². The third-order valence-electron chi connectivity index (χ3n) is 8.67. The lowest BCUT2D eigenvalue weighted by molar-refractivity contribution is -0.147. The fraction of sp³-hybridized carbons (Fsp3) is 0.419. The van der Waals surface area contributed by atoms with Crippen molar-refractivity contribution in [2.45, 2.75) is 65.2 Å². The van der Waals surface area contributed by atoms with E-state index < -0.39 is 37.9 Å². The van der Waals surface area contributed by atoms with Crippen LogP contribution in [0.4, 0.5) is 5.69 Å². The van der Waals surface area contributed by atoms with E-state index in [9.17, 15) is 25.4 Å². The molecular weight excluding hydrogens is 595 g/mol. The van der Waals surface area contributed by atoms with Gasteiger partial charge in [-0.1, -0.05) is 64.7 Å². The molecule has 2 heterocycles. The number of alkyl halides is 3. The SMILES string of the molecule is CC1=CC2(C)C=C(C)C13C(=C(C#N)C2(C#N)C#N)N=C1N(c2c(C)cc(C)cc2C)C(=O)C(C)(C)C(=O)N13.ClC(Cl)Cl. The van der Waals surface area contributed by atoms with Crippen LogP contribution in [-0.2, 0) is 9.59 Å². The van der Waals surface area contributed by atoms with Crippen molar-refractivity contribution in [3.8, 4) is 18.2 Å². The second kappa shape index (κ2) is 9.99. The number of guanidine groups is 1. The smallest absolute Gasteiger partial charge is 0.249 e. The highest BCUT2D eigenvalue weighted by Gasteiger charge is 2.69. The molecule has 8 nitrogen and oxygen atoms in total. The number of aryl methyl sites for hydroxylation is 3. The number of carbonyl (C=O) groups excluding carboxylic acids is 2. The summed E-state index contributed by atoms with van der Waals surface area (Å²) < 4.78 is -0.750. The van der Waals surface area contributed by atoms with Gasteiger partial charge >= 0.3 is 0 Å². The van der Waals surface area contributed by atoms with Gasteiger partial charge in [0.15, 0.2) is 9.71 Å². The first-order valence-corrected chi connectivity index (χ1v) is 14.4. The van der Waals surface area contributed by atoms with Gasteiger partial charge in [-0.25, -0.2) is 9.89 Å². The van der Waals surface area contributed by atoms with E-state index in [-0.39, 0.29) is 17.2 Å². The number of amides is 2. The summed E-state index contributed by atoms with van der Waals surface area (Å²) in [6.45, 7) is 14.4. The Labute approximate surface area is 260 Å². The minimum absolute atomic E-state index is 0.0768. The van der Waals surface area contributed by atoms with Crippen LogP contribution >= 0.6 is 34.8 Å². The van der Waals surface area contributed by atoms with Crippen LogP contribution in [0, 0.1) is 71.0 Å². The van der Waals surface area contributed by atoms with Crippen LogP contribution in [0.5, 0.6) is 0 Å². The number of hydrogen-bond acceptors (Lipinski definition) is 6. The molecular formula is C31H29Cl3N6O2. The maximum atomic E-state index is 14.3. The Hall–Kier alpha value is -3.61. The predicted molar refractivity (Wildman–Crippen MR) is 162 cm³/mol. The molecule has 0 unspecified atom stereocenters. The van der Waals surface area contributed by atoms with E-state index in [1.807, 2.05) is 46.8 Å². The number of fused-ring (bicyclic) bond motifs is 2. The Bertz CT molecular complexity index is 1650.